The van der Waals surface area contributed by atoms with Gasteiger partial charge in [-0.1, -0.05) is 6.92 Å². The Morgan fingerprint density at radius 3 is 2.68 bits per heavy atom. The van der Waals surface area contributed by atoms with E-state index in [1.807, 2.05) is 4.90 Å². The third-order valence-electron chi connectivity index (χ3n) is 4.04. The maximum atomic E-state index is 12.1. The van der Waals surface area contributed by atoms with E-state index in [1.54, 1.807) is 0 Å². The van der Waals surface area contributed by atoms with Gasteiger partial charge in [0.05, 0.1) is 5.75 Å². The summed E-state index contributed by atoms with van der Waals surface area (Å²) in [5, 5.41) is 0. The first-order valence-corrected chi connectivity index (χ1v) is 8.85. The minimum atomic E-state index is -3.10. The van der Waals surface area contributed by atoms with E-state index in [0.717, 1.165) is 32.4 Å². The third kappa shape index (κ3) is 3.92. The Morgan fingerprint density at radius 1 is 1.21 bits per heavy atom. The van der Waals surface area contributed by atoms with E-state index in [1.165, 1.54) is 10.7 Å². The van der Waals surface area contributed by atoms with Gasteiger partial charge in [-0.3, -0.25) is 4.79 Å². The number of rotatable bonds is 3. The molecule has 6 heteroatoms. The molecule has 2 rings (SSSR count). The number of amides is 1. The van der Waals surface area contributed by atoms with Crippen molar-refractivity contribution < 1.29 is 13.2 Å². The molecule has 1 unspecified atom stereocenters. The largest absolute Gasteiger partial charge is 0.342 e. The summed E-state index contributed by atoms with van der Waals surface area (Å²) in [6, 6.07) is 0. The van der Waals surface area contributed by atoms with Crippen LogP contribution < -0.4 is 0 Å². The fourth-order valence-electron chi connectivity index (χ4n) is 2.89. The number of nitrogens with zero attached hydrogens (tertiary/aromatic N) is 2. The molecular weight excluding hydrogens is 264 g/mol. The van der Waals surface area contributed by atoms with E-state index in [9.17, 15) is 13.2 Å². The number of likely N-dealkylation sites (tertiary alicyclic amines) is 1. The van der Waals surface area contributed by atoms with Gasteiger partial charge in [-0.25, -0.2) is 12.7 Å². The fourth-order valence-corrected chi connectivity index (χ4v) is 4.49. The van der Waals surface area contributed by atoms with Crippen molar-refractivity contribution in [3.63, 3.8) is 0 Å². The molecule has 2 saturated heterocycles. The van der Waals surface area contributed by atoms with Gasteiger partial charge in [0.25, 0.3) is 0 Å². The van der Waals surface area contributed by atoms with E-state index < -0.39 is 10.0 Å². The molecule has 110 valence electrons. The molecule has 0 aliphatic carbocycles. The van der Waals surface area contributed by atoms with Gasteiger partial charge in [0.15, 0.2) is 0 Å². The first kappa shape index (κ1) is 14.8. The number of hydrogen-bond acceptors (Lipinski definition) is 3. The number of piperidine rings is 1. The highest BCUT2D eigenvalue weighted by atomic mass is 32.2. The number of hydrogen-bond donors (Lipinski definition) is 0. The molecule has 0 aromatic heterocycles. The van der Waals surface area contributed by atoms with Crippen LogP contribution in [0.15, 0.2) is 0 Å². The third-order valence-corrected chi connectivity index (χ3v) is 5.99. The summed E-state index contributed by atoms with van der Waals surface area (Å²) in [6.45, 7) is 4.74. The Kier molecular flexibility index (Phi) is 4.84. The molecule has 5 nitrogen and oxygen atoms in total. The van der Waals surface area contributed by atoms with Gasteiger partial charge in [0.2, 0.25) is 15.9 Å². The second-order valence-electron chi connectivity index (χ2n) is 5.76. The van der Waals surface area contributed by atoms with E-state index in [-0.39, 0.29) is 11.7 Å². The quantitative estimate of drug-likeness (QED) is 0.780. The molecular formula is C13H24N2O3S. The lowest BCUT2D eigenvalue weighted by Crippen LogP contribution is -2.43. The average Bonchev–Trinajstić information content (AvgIpc) is 2.36. The summed E-state index contributed by atoms with van der Waals surface area (Å²) in [7, 11) is -3.10. The van der Waals surface area contributed by atoms with Crippen LogP contribution in [0.25, 0.3) is 0 Å². The zero-order chi connectivity index (χ0) is 13.9. The number of carbonyl (C=O) groups is 1. The van der Waals surface area contributed by atoms with Gasteiger partial charge in [0, 0.05) is 32.6 Å². The molecule has 2 heterocycles. The Labute approximate surface area is 116 Å². The predicted molar refractivity (Wildman–Crippen MR) is 74.2 cm³/mol. The summed E-state index contributed by atoms with van der Waals surface area (Å²) >= 11 is 0. The average molecular weight is 288 g/mol. The molecule has 0 N–H and O–H groups in total. The fraction of sp³-hybridized carbons (Fsp3) is 0.923. The molecule has 0 spiro atoms. The monoisotopic (exact) mass is 288 g/mol. The molecule has 2 aliphatic heterocycles. The molecule has 0 saturated carbocycles. The highest BCUT2D eigenvalue weighted by Crippen LogP contribution is 2.17. The van der Waals surface area contributed by atoms with E-state index in [2.05, 4.69) is 6.92 Å². The van der Waals surface area contributed by atoms with Crippen molar-refractivity contribution in [3.8, 4) is 0 Å². The van der Waals surface area contributed by atoms with Gasteiger partial charge < -0.3 is 4.90 Å². The van der Waals surface area contributed by atoms with Crippen LogP contribution in [0.2, 0.25) is 0 Å². The summed E-state index contributed by atoms with van der Waals surface area (Å²) in [5.74, 6) is 0.908. The lowest BCUT2D eigenvalue weighted by atomic mass is 10.00. The van der Waals surface area contributed by atoms with E-state index in [4.69, 9.17) is 0 Å². The lowest BCUT2D eigenvalue weighted by Gasteiger charge is -2.32. The summed E-state index contributed by atoms with van der Waals surface area (Å²) in [6.07, 6.45) is 4.23. The Hall–Kier alpha value is -0.620. The normalized spacial score (nSPS) is 28.3. The molecule has 0 aromatic carbocycles. The number of carbonyl (C=O) groups excluding carboxylic acids is 1. The van der Waals surface area contributed by atoms with Crippen LogP contribution >= 0.6 is 0 Å². The Morgan fingerprint density at radius 2 is 2.00 bits per heavy atom. The zero-order valence-corrected chi connectivity index (χ0v) is 12.5. The molecule has 1 atom stereocenters. The van der Waals surface area contributed by atoms with Gasteiger partial charge in [-0.2, -0.15) is 0 Å². The first-order valence-electron chi connectivity index (χ1n) is 7.24. The molecule has 2 aliphatic rings. The van der Waals surface area contributed by atoms with E-state index >= 15 is 0 Å². The lowest BCUT2D eigenvalue weighted by molar-refractivity contribution is -0.133. The molecule has 0 radical (unpaired) electrons. The molecule has 19 heavy (non-hydrogen) atoms. The molecule has 0 bridgehead atoms. The van der Waals surface area contributed by atoms with Crippen molar-refractivity contribution >= 4 is 15.9 Å². The van der Waals surface area contributed by atoms with Crippen molar-refractivity contribution in [1.82, 2.24) is 9.21 Å². The second kappa shape index (κ2) is 6.22. The van der Waals surface area contributed by atoms with Crippen LogP contribution in [-0.4, -0.2) is 55.5 Å². The van der Waals surface area contributed by atoms with Crippen LogP contribution in [-0.2, 0) is 14.8 Å². The van der Waals surface area contributed by atoms with Crippen molar-refractivity contribution in [1.29, 1.82) is 0 Å². The van der Waals surface area contributed by atoms with Crippen LogP contribution in [0.1, 0.15) is 39.0 Å². The minimum absolute atomic E-state index is 0.104. The van der Waals surface area contributed by atoms with Crippen molar-refractivity contribution in [2.45, 2.75) is 39.0 Å². The SMILES string of the molecule is CC1CCCN(C(=O)CCN2CCCCS2(=O)=O)C1. The maximum Gasteiger partial charge on any atom is 0.223 e. The van der Waals surface area contributed by atoms with Gasteiger partial charge in [0.1, 0.15) is 0 Å². The highest BCUT2D eigenvalue weighted by Gasteiger charge is 2.27. The van der Waals surface area contributed by atoms with Crippen LogP contribution in [0.3, 0.4) is 0 Å². The second-order valence-corrected chi connectivity index (χ2v) is 7.85. The molecule has 2 fully saturated rings. The smallest absolute Gasteiger partial charge is 0.223 e. The van der Waals surface area contributed by atoms with Crippen molar-refractivity contribution in [3.05, 3.63) is 0 Å². The molecule has 1 amide bonds. The Balaban J connectivity index is 1.82. The van der Waals surface area contributed by atoms with Crippen molar-refractivity contribution in [2.24, 2.45) is 5.92 Å². The summed E-state index contributed by atoms with van der Waals surface area (Å²) in [4.78, 5) is 14.0. The molecule has 0 aromatic rings. The van der Waals surface area contributed by atoms with E-state index in [0.29, 0.717) is 25.4 Å². The maximum absolute atomic E-state index is 12.1. The standard InChI is InChI=1S/C13H24N2O3S/c1-12-5-4-7-14(11-12)13(16)6-9-15-8-2-3-10-19(15,17)18/h12H,2-11H2,1H3. The summed E-state index contributed by atoms with van der Waals surface area (Å²) < 4.78 is 25.1. The predicted octanol–water partition coefficient (Wildman–Crippen LogP) is 1.06. The van der Waals surface area contributed by atoms with Crippen LogP contribution in [0.5, 0.6) is 0 Å². The van der Waals surface area contributed by atoms with Crippen LogP contribution in [0.4, 0.5) is 0 Å². The zero-order valence-electron chi connectivity index (χ0n) is 11.7. The van der Waals surface area contributed by atoms with Gasteiger partial charge in [-0.05, 0) is 31.6 Å². The van der Waals surface area contributed by atoms with Gasteiger partial charge in [-0.15, -0.1) is 0 Å². The first-order chi connectivity index (χ1) is 8.99. The Bertz CT molecular complexity index is 422. The minimum Gasteiger partial charge on any atom is -0.342 e. The topological polar surface area (TPSA) is 57.7 Å². The number of sulfonamides is 1. The van der Waals surface area contributed by atoms with Crippen molar-refractivity contribution in [2.75, 3.05) is 31.9 Å². The van der Waals surface area contributed by atoms with Crippen LogP contribution in [0, 0.1) is 5.92 Å². The van der Waals surface area contributed by atoms with Gasteiger partial charge >= 0.3 is 0 Å². The summed E-state index contributed by atoms with van der Waals surface area (Å²) in [5.41, 5.74) is 0. The highest BCUT2D eigenvalue weighted by molar-refractivity contribution is 7.89.